The number of carbonyl (C=O) groups excluding carboxylic acids is 2. The molecule has 5 nitrogen and oxygen atoms in total. The summed E-state index contributed by atoms with van der Waals surface area (Å²) in [4.78, 5) is 22.3. The summed E-state index contributed by atoms with van der Waals surface area (Å²) in [6.45, 7) is 2.31. The number of anilines is 1. The van der Waals surface area contributed by atoms with Gasteiger partial charge in [-0.25, -0.2) is 4.79 Å². The number of nitrogens with one attached hydrogen (secondary N) is 2. The van der Waals surface area contributed by atoms with E-state index in [1.165, 1.54) is 7.11 Å². The number of carbonyl (C=O) groups is 2. The van der Waals surface area contributed by atoms with Gasteiger partial charge in [0.05, 0.1) is 13.5 Å². The smallest absolute Gasteiger partial charge is 0.319 e. The third-order valence-corrected chi connectivity index (χ3v) is 2.44. The molecule has 98 valence electrons. The van der Waals surface area contributed by atoms with Crippen molar-refractivity contribution in [3.05, 3.63) is 29.8 Å². The van der Waals surface area contributed by atoms with E-state index in [4.69, 9.17) is 0 Å². The molecule has 0 aromatic heterocycles. The van der Waals surface area contributed by atoms with Gasteiger partial charge in [0.1, 0.15) is 0 Å². The van der Waals surface area contributed by atoms with Crippen molar-refractivity contribution in [2.24, 2.45) is 0 Å². The van der Waals surface area contributed by atoms with Gasteiger partial charge in [-0.15, -0.1) is 0 Å². The number of rotatable bonds is 5. The molecule has 18 heavy (non-hydrogen) atoms. The van der Waals surface area contributed by atoms with Crippen LogP contribution in [0.25, 0.3) is 0 Å². The van der Waals surface area contributed by atoms with Gasteiger partial charge in [0.2, 0.25) is 0 Å². The van der Waals surface area contributed by atoms with Gasteiger partial charge in [0.25, 0.3) is 0 Å². The minimum atomic E-state index is -0.344. The molecule has 0 spiro atoms. The Balaban J connectivity index is 2.37. The van der Waals surface area contributed by atoms with Crippen LogP contribution in [0.2, 0.25) is 0 Å². The Morgan fingerprint density at radius 3 is 2.78 bits per heavy atom. The Bertz CT molecular complexity index is 418. The molecule has 0 aliphatic heterocycles. The number of urea groups is 1. The topological polar surface area (TPSA) is 67.4 Å². The minimum Gasteiger partial charge on any atom is -0.469 e. The van der Waals surface area contributed by atoms with Crippen LogP contribution in [0.15, 0.2) is 24.3 Å². The molecule has 0 atom stereocenters. The summed E-state index contributed by atoms with van der Waals surface area (Å²) in [5, 5.41) is 5.29. The molecule has 0 aliphatic rings. The average molecular weight is 250 g/mol. The molecular weight excluding hydrogens is 232 g/mol. The lowest BCUT2D eigenvalue weighted by Crippen LogP contribution is -2.30. The van der Waals surface area contributed by atoms with Crippen LogP contribution in [-0.2, 0) is 16.0 Å². The van der Waals surface area contributed by atoms with Gasteiger partial charge in [-0.05, 0) is 24.1 Å². The molecule has 0 aliphatic carbocycles. The highest BCUT2D eigenvalue weighted by atomic mass is 16.5. The van der Waals surface area contributed by atoms with Crippen molar-refractivity contribution in [2.45, 2.75) is 19.8 Å². The van der Waals surface area contributed by atoms with Crippen LogP contribution in [0.4, 0.5) is 10.5 Å². The molecule has 1 aromatic rings. The summed E-state index contributed by atoms with van der Waals surface area (Å²) in [5.74, 6) is -0.344. The number of aryl methyl sites for hydroxylation is 1. The summed E-state index contributed by atoms with van der Waals surface area (Å²) in [6, 6.07) is 7.30. The van der Waals surface area contributed by atoms with Crippen LogP contribution >= 0.6 is 0 Å². The number of benzene rings is 1. The zero-order chi connectivity index (χ0) is 13.4. The quantitative estimate of drug-likeness (QED) is 0.785. The maximum Gasteiger partial charge on any atom is 0.319 e. The lowest BCUT2D eigenvalue weighted by atomic mass is 10.1. The first-order chi connectivity index (χ1) is 8.65. The number of ether oxygens (including phenoxy) is 1. The highest BCUT2D eigenvalue weighted by molar-refractivity contribution is 5.89. The van der Waals surface area contributed by atoms with Gasteiger partial charge < -0.3 is 15.4 Å². The Kier molecular flexibility index (Phi) is 5.70. The second-order valence-corrected chi connectivity index (χ2v) is 3.76. The van der Waals surface area contributed by atoms with Crippen LogP contribution in [0.5, 0.6) is 0 Å². The highest BCUT2D eigenvalue weighted by Gasteiger charge is 2.04. The monoisotopic (exact) mass is 250 g/mol. The van der Waals surface area contributed by atoms with Crippen LogP contribution < -0.4 is 10.6 Å². The van der Waals surface area contributed by atoms with E-state index in [0.29, 0.717) is 0 Å². The maximum atomic E-state index is 11.5. The molecule has 0 unspecified atom stereocenters. The van der Waals surface area contributed by atoms with E-state index >= 15 is 0 Å². The first kappa shape index (κ1) is 14.0. The summed E-state index contributed by atoms with van der Waals surface area (Å²) in [7, 11) is 1.32. The van der Waals surface area contributed by atoms with E-state index in [0.717, 1.165) is 17.7 Å². The van der Waals surface area contributed by atoms with E-state index in [1.54, 1.807) is 0 Å². The lowest BCUT2D eigenvalue weighted by Gasteiger charge is -2.08. The summed E-state index contributed by atoms with van der Waals surface area (Å²) in [5.41, 5.74) is 1.90. The predicted molar refractivity (Wildman–Crippen MR) is 69.5 cm³/mol. The van der Waals surface area contributed by atoms with Crippen molar-refractivity contribution < 1.29 is 14.3 Å². The second kappa shape index (κ2) is 7.32. The summed E-state index contributed by atoms with van der Waals surface area (Å²) < 4.78 is 4.47. The molecule has 0 saturated carbocycles. The van der Waals surface area contributed by atoms with Crippen LogP contribution in [0, 0.1) is 0 Å². The molecule has 0 saturated heterocycles. The molecule has 2 amide bonds. The third-order valence-electron chi connectivity index (χ3n) is 2.44. The Morgan fingerprint density at radius 1 is 1.33 bits per heavy atom. The highest BCUT2D eigenvalue weighted by Crippen LogP contribution is 2.10. The zero-order valence-corrected chi connectivity index (χ0v) is 10.7. The molecule has 1 rings (SSSR count). The van der Waals surface area contributed by atoms with E-state index < -0.39 is 0 Å². The fraction of sp³-hybridized carbons (Fsp3) is 0.385. The van der Waals surface area contributed by atoms with E-state index in [2.05, 4.69) is 22.3 Å². The van der Waals surface area contributed by atoms with Gasteiger partial charge in [0, 0.05) is 12.2 Å². The van der Waals surface area contributed by atoms with Gasteiger partial charge >= 0.3 is 12.0 Å². The van der Waals surface area contributed by atoms with Gasteiger partial charge in [-0.2, -0.15) is 0 Å². The number of hydrogen-bond acceptors (Lipinski definition) is 3. The van der Waals surface area contributed by atoms with Gasteiger partial charge in [-0.1, -0.05) is 19.1 Å². The number of amides is 2. The predicted octanol–water partition coefficient (Wildman–Crippen LogP) is 1.93. The van der Waals surface area contributed by atoms with Crippen LogP contribution in [-0.4, -0.2) is 25.7 Å². The van der Waals surface area contributed by atoms with Crippen molar-refractivity contribution in [3.63, 3.8) is 0 Å². The first-order valence-electron chi connectivity index (χ1n) is 5.86. The number of esters is 1. The maximum absolute atomic E-state index is 11.5. The SMILES string of the molecule is CCc1cccc(NC(=O)NCCC(=O)OC)c1. The second-order valence-electron chi connectivity index (χ2n) is 3.76. The molecule has 5 heteroatoms. The third kappa shape index (κ3) is 4.86. The molecule has 0 radical (unpaired) electrons. The van der Waals surface area contributed by atoms with Crippen molar-refractivity contribution in [1.29, 1.82) is 0 Å². The van der Waals surface area contributed by atoms with Crippen LogP contribution in [0.3, 0.4) is 0 Å². The Hall–Kier alpha value is -2.04. The molecule has 1 aromatic carbocycles. The average Bonchev–Trinajstić information content (AvgIpc) is 2.38. The van der Waals surface area contributed by atoms with Crippen molar-refractivity contribution in [1.82, 2.24) is 5.32 Å². The Morgan fingerprint density at radius 2 is 2.11 bits per heavy atom. The fourth-order valence-electron chi connectivity index (χ4n) is 1.42. The standard InChI is InChI=1S/C13H18N2O3/c1-3-10-5-4-6-11(9-10)15-13(17)14-8-7-12(16)18-2/h4-6,9H,3,7-8H2,1-2H3,(H2,14,15,17). The van der Waals surface area contributed by atoms with Crippen molar-refractivity contribution >= 4 is 17.7 Å². The van der Waals surface area contributed by atoms with E-state index in [9.17, 15) is 9.59 Å². The lowest BCUT2D eigenvalue weighted by molar-refractivity contribution is -0.140. The summed E-state index contributed by atoms with van der Waals surface area (Å²) in [6.07, 6.45) is 1.08. The fourth-order valence-corrected chi connectivity index (χ4v) is 1.42. The molecule has 0 fully saturated rings. The van der Waals surface area contributed by atoms with Gasteiger partial charge in [0.15, 0.2) is 0 Å². The molecular formula is C13H18N2O3. The number of methoxy groups -OCH3 is 1. The largest absolute Gasteiger partial charge is 0.469 e. The number of hydrogen-bond donors (Lipinski definition) is 2. The molecule has 2 N–H and O–H groups in total. The molecule has 0 bridgehead atoms. The van der Waals surface area contributed by atoms with E-state index in [1.807, 2.05) is 24.3 Å². The van der Waals surface area contributed by atoms with E-state index in [-0.39, 0.29) is 25.0 Å². The van der Waals surface area contributed by atoms with Crippen molar-refractivity contribution in [2.75, 3.05) is 19.0 Å². The van der Waals surface area contributed by atoms with Gasteiger partial charge in [-0.3, -0.25) is 4.79 Å². The Labute approximate surface area is 107 Å². The van der Waals surface area contributed by atoms with Crippen LogP contribution in [0.1, 0.15) is 18.9 Å². The summed E-state index contributed by atoms with van der Waals surface area (Å²) >= 11 is 0. The normalized spacial score (nSPS) is 9.67. The first-order valence-corrected chi connectivity index (χ1v) is 5.86. The minimum absolute atomic E-state index is 0.166. The molecule has 0 heterocycles. The zero-order valence-electron chi connectivity index (χ0n) is 10.7. The van der Waals surface area contributed by atoms with Crippen molar-refractivity contribution in [3.8, 4) is 0 Å².